The molecule has 0 saturated carbocycles. The van der Waals surface area contributed by atoms with Gasteiger partial charge in [-0.05, 0) is 41.8 Å². The van der Waals surface area contributed by atoms with E-state index in [1.807, 2.05) is 29.3 Å². The number of rotatable bonds is 4. The normalized spacial score (nSPS) is 24.0. The van der Waals surface area contributed by atoms with Gasteiger partial charge < -0.3 is 9.69 Å². The molecule has 1 heterocycles. The Balaban J connectivity index is 1.96. The van der Waals surface area contributed by atoms with Crippen molar-refractivity contribution in [2.45, 2.75) is 44.3 Å². The van der Waals surface area contributed by atoms with E-state index < -0.39 is 17.3 Å². The number of unbranched alkanes of at least 4 members (excludes halogenated alkanes) is 1. The number of carbonyl (C=O) groups is 1. The van der Waals surface area contributed by atoms with E-state index >= 15 is 0 Å². The summed E-state index contributed by atoms with van der Waals surface area (Å²) in [7, 11) is 0. The van der Waals surface area contributed by atoms with Crippen LogP contribution in [-0.4, -0.2) is 16.7 Å². The topological polar surface area (TPSA) is 20.3 Å². The third-order valence-electron chi connectivity index (χ3n) is 4.76. The van der Waals surface area contributed by atoms with Crippen LogP contribution >= 0.6 is 0 Å². The molecular weight excluding hydrogens is 327 g/mol. The van der Waals surface area contributed by atoms with Gasteiger partial charge in [0.2, 0.25) is 0 Å². The molecular formula is C20H20F3NO. The summed E-state index contributed by atoms with van der Waals surface area (Å²) in [6.45, 7) is 2.07. The second-order valence-corrected chi connectivity index (χ2v) is 6.54. The summed E-state index contributed by atoms with van der Waals surface area (Å²) in [4.78, 5) is 14.0. The van der Waals surface area contributed by atoms with Crippen LogP contribution in [0.15, 0.2) is 54.4 Å². The Morgan fingerprint density at radius 2 is 1.96 bits per heavy atom. The largest absolute Gasteiger partial charge is 0.416 e. The molecule has 0 aromatic heterocycles. The molecule has 1 aliphatic heterocycles. The molecule has 0 amide bonds. The predicted octanol–water partition coefficient (Wildman–Crippen LogP) is 4.81. The van der Waals surface area contributed by atoms with E-state index in [9.17, 15) is 18.0 Å². The summed E-state index contributed by atoms with van der Waals surface area (Å²) >= 11 is 0. The molecule has 0 saturated heterocycles. The van der Waals surface area contributed by atoms with Gasteiger partial charge in [0.05, 0.1) is 5.56 Å². The SMILES string of the molecule is CCC/C=C1\C=CC=CN1C1(C=O)Cc2ccc(C(F)(F)F)cc2C1. The number of alkyl halides is 3. The summed E-state index contributed by atoms with van der Waals surface area (Å²) in [6, 6.07) is 3.78. The summed E-state index contributed by atoms with van der Waals surface area (Å²) < 4.78 is 38.9. The van der Waals surface area contributed by atoms with Crippen LogP contribution in [0.25, 0.3) is 0 Å². The minimum absolute atomic E-state index is 0.275. The van der Waals surface area contributed by atoms with Gasteiger partial charge in [0.15, 0.2) is 0 Å². The lowest BCUT2D eigenvalue weighted by molar-refractivity contribution is -0.137. The minimum atomic E-state index is -4.37. The van der Waals surface area contributed by atoms with Gasteiger partial charge in [-0.1, -0.05) is 31.6 Å². The minimum Gasteiger partial charge on any atom is -0.335 e. The van der Waals surface area contributed by atoms with E-state index in [0.717, 1.165) is 36.5 Å². The highest BCUT2D eigenvalue weighted by molar-refractivity contribution is 5.70. The average Bonchev–Trinajstić information content (AvgIpc) is 2.98. The van der Waals surface area contributed by atoms with Crippen LogP contribution in [0.3, 0.4) is 0 Å². The van der Waals surface area contributed by atoms with Crippen LogP contribution in [0, 0.1) is 0 Å². The Kier molecular flexibility index (Phi) is 4.58. The third-order valence-corrected chi connectivity index (χ3v) is 4.76. The van der Waals surface area contributed by atoms with Crippen LogP contribution in [0.4, 0.5) is 13.2 Å². The molecule has 1 atom stereocenters. The molecule has 3 rings (SSSR count). The van der Waals surface area contributed by atoms with E-state index in [2.05, 4.69) is 13.0 Å². The van der Waals surface area contributed by atoms with Crippen LogP contribution in [-0.2, 0) is 23.8 Å². The summed E-state index contributed by atoms with van der Waals surface area (Å²) in [5.74, 6) is 0. The molecule has 0 bridgehead atoms. The van der Waals surface area contributed by atoms with E-state index in [-0.39, 0.29) is 6.42 Å². The van der Waals surface area contributed by atoms with Gasteiger partial charge in [0.1, 0.15) is 11.8 Å². The molecule has 25 heavy (non-hydrogen) atoms. The molecule has 0 spiro atoms. The predicted molar refractivity (Wildman–Crippen MR) is 90.8 cm³/mol. The Labute approximate surface area is 145 Å². The zero-order valence-corrected chi connectivity index (χ0v) is 14.0. The molecule has 5 heteroatoms. The summed E-state index contributed by atoms with van der Waals surface area (Å²) in [5.41, 5.74) is 0.787. The van der Waals surface area contributed by atoms with Gasteiger partial charge in [0.25, 0.3) is 0 Å². The lowest BCUT2D eigenvalue weighted by Gasteiger charge is -2.38. The van der Waals surface area contributed by atoms with Gasteiger partial charge >= 0.3 is 6.18 Å². The number of aldehydes is 1. The number of carbonyl (C=O) groups excluding carboxylic acids is 1. The number of hydrogen-bond donors (Lipinski definition) is 0. The van der Waals surface area contributed by atoms with E-state index in [1.54, 1.807) is 0 Å². The summed E-state index contributed by atoms with van der Waals surface area (Å²) in [5, 5.41) is 0. The third kappa shape index (κ3) is 3.28. The highest BCUT2D eigenvalue weighted by atomic mass is 19.4. The van der Waals surface area contributed by atoms with Gasteiger partial charge in [-0.15, -0.1) is 0 Å². The first kappa shape index (κ1) is 17.5. The second kappa shape index (κ2) is 6.54. The maximum absolute atomic E-state index is 13.0. The Morgan fingerprint density at radius 1 is 1.20 bits per heavy atom. The monoisotopic (exact) mass is 347 g/mol. The quantitative estimate of drug-likeness (QED) is 0.729. The van der Waals surface area contributed by atoms with Crippen molar-refractivity contribution in [3.8, 4) is 0 Å². The van der Waals surface area contributed by atoms with Gasteiger partial charge in [-0.25, -0.2) is 0 Å². The molecule has 1 aromatic carbocycles. The zero-order valence-electron chi connectivity index (χ0n) is 14.0. The van der Waals surface area contributed by atoms with Crippen molar-refractivity contribution in [2.75, 3.05) is 0 Å². The number of allylic oxidation sites excluding steroid dienone is 4. The van der Waals surface area contributed by atoms with Gasteiger partial charge in [0, 0.05) is 24.7 Å². The smallest absolute Gasteiger partial charge is 0.335 e. The zero-order chi connectivity index (χ0) is 18.1. The Hall–Kier alpha value is -2.30. The fourth-order valence-corrected chi connectivity index (χ4v) is 3.49. The number of nitrogens with zero attached hydrogens (tertiary/aromatic N) is 1. The Bertz CT molecular complexity index is 761. The molecule has 1 aromatic rings. The standard InChI is InChI=1S/C20H20F3NO/c1-2-3-6-18-7-4-5-10-24(18)19(14-25)12-15-8-9-17(20(21,22)23)11-16(15)13-19/h4-11,14H,2-3,12-13H2,1H3/b18-6+. The van der Waals surface area contributed by atoms with E-state index in [4.69, 9.17) is 0 Å². The fraction of sp³-hybridized carbons (Fsp3) is 0.350. The van der Waals surface area contributed by atoms with Gasteiger partial charge in [-0.2, -0.15) is 13.2 Å². The number of fused-ring (bicyclic) bond motifs is 1. The van der Waals surface area contributed by atoms with Crippen molar-refractivity contribution < 1.29 is 18.0 Å². The van der Waals surface area contributed by atoms with Crippen molar-refractivity contribution in [1.29, 1.82) is 0 Å². The van der Waals surface area contributed by atoms with Crippen molar-refractivity contribution in [2.24, 2.45) is 0 Å². The molecule has 0 radical (unpaired) electrons. The first-order valence-electron chi connectivity index (χ1n) is 8.39. The maximum Gasteiger partial charge on any atom is 0.416 e. The van der Waals surface area contributed by atoms with E-state index in [0.29, 0.717) is 12.0 Å². The number of benzene rings is 1. The highest BCUT2D eigenvalue weighted by Crippen LogP contribution is 2.39. The number of hydrogen-bond acceptors (Lipinski definition) is 2. The first-order valence-corrected chi connectivity index (χ1v) is 8.39. The van der Waals surface area contributed by atoms with Crippen molar-refractivity contribution in [1.82, 2.24) is 4.90 Å². The van der Waals surface area contributed by atoms with Crippen molar-refractivity contribution in [3.63, 3.8) is 0 Å². The van der Waals surface area contributed by atoms with E-state index in [1.165, 1.54) is 12.1 Å². The fourth-order valence-electron chi connectivity index (χ4n) is 3.49. The van der Waals surface area contributed by atoms with Crippen molar-refractivity contribution in [3.05, 3.63) is 71.1 Å². The Morgan fingerprint density at radius 3 is 2.64 bits per heavy atom. The van der Waals surface area contributed by atoms with Crippen LogP contribution < -0.4 is 0 Å². The molecule has 0 fully saturated rings. The number of halogens is 3. The second-order valence-electron chi connectivity index (χ2n) is 6.54. The average molecular weight is 347 g/mol. The lowest BCUT2D eigenvalue weighted by atomic mass is 9.93. The molecule has 1 aliphatic carbocycles. The highest BCUT2D eigenvalue weighted by Gasteiger charge is 2.43. The van der Waals surface area contributed by atoms with Gasteiger partial charge in [-0.3, -0.25) is 0 Å². The molecule has 2 nitrogen and oxygen atoms in total. The molecule has 0 N–H and O–H groups in total. The molecule has 2 aliphatic rings. The van der Waals surface area contributed by atoms with Crippen molar-refractivity contribution >= 4 is 6.29 Å². The van der Waals surface area contributed by atoms with Crippen LogP contribution in [0.1, 0.15) is 36.5 Å². The molecule has 1 unspecified atom stereocenters. The lowest BCUT2D eigenvalue weighted by Crippen LogP contribution is -2.47. The summed E-state index contributed by atoms with van der Waals surface area (Å²) in [6.07, 6.45) is 8.64. The molecule has 132 valence electrons. The maximum atomic E-state index is 13.0. The first-order chi connectivity index (χ1) is 11.9. The van der Waals surface area contributed by atoms with Crippen LogP contribution in [0.5, 0.6) is 0 Å². The van der Waals surface area contributed by atoms with Crippen LogP contribution in [0.2, 0.25) is 0 Å².